The number of hydrogen-bond donors (Lipinski definition) is 1. The van der Waals surface area contributed by atoms with Gasteiger partial charge in [-0.25, -0.2) is 9.37 Å². The van der Waals surface area contributed by atoms with Gasteiger partial charge in [-0.3, -0.25) is 19.7 Å². The average molecular weight is 686 g/mol. The fourth-order valence-electron chi connectivity index (χ4n) is 4.64. The highest BCUT2D eigenvalue weighted by atomic mass is 79.9. The van der Waals surface area contributed by atoms with E-state index in [4.69, 9.17) is 13.9 Å². The van der Waals surface area contributed by atoms with Gasteiger partial charge in [0.15, 0.2) is 18.1 Å². The fraction of sp³-hybridized carbons (Fsp3) is 0.0625. The Kier molecular flexibility index (Phi) is 8.27. The molecule has 6 aromatic rings. The van der Waals surface area contributed by atoms with Crippen molar-refractivity contribution >= 4 is 61.3 Å². The van der Waals surface area contributed by atoms with E-state index in [1.165, 1.54) is 43.7 Å². The Balaban J connectivity index is 1.37. The van der Waals surface area contributed by atoms with Gasteiger partial charge in [-0.2, -0.15) is 9.78 Å². The maximum atomic E-state index is 13.9. The zero-order valence-corrected chi connectivity index (χ0v) is 25.4. The summed E-state index contributed by atoms with van der Waals surface area (Å²) in [5.74, 6) is -1.43. The molecule has 1 N–H and O–H groups in total. The molecule has 1 amide bonds. The number of carbonyl (C=O) groups is 1. The molecule has 0 saturated carbocycles. The molecule has 0 aliphatic rings. The first-order valence-electron chi connectivity index (χ1n) is 13.5. The second-order valence-electron chi connectivity index (χ2n) is 9.75. The van der Waals surface area contributed by atoms with Crippen molar-refractivity contribution in [3.63, 3.8) is 0 Å². The monoisotopic (exact) mass is 685 g/mol. The molecule has 0 saturated heterocycles. The Labute approximate surface area is 267 Å². The lowest BCUT2D eigenvalue weighted by Crippen LogP contribution is -2.21. The van der Waals surface area contributed by atoms with Gasteiger partial charge in [0, 0.05) is 21.5 Å². The summed E-state index contributed by atoms with van der Waals surface area (Å²) in [6.07, 6.45) is 1.23. The van der Waals surface area contributed by atoms with Crippen molar-refractivity contribution in [3.05, 3.63) is 121 Å². The molecule has 6 rings (SSSR count). The van der Waals surface area contributed by atoms with Crippen molar-refractivity contribution in [1.82, 2.24) is 9.66 Å². The summed E-state index contributed by atoms with van der Waals surface area (Å²) < 4.78 is 32.6. The molecule has 2 aromatic heterocycles. The number of methoxy groups -OCH3 is 1. The van der Waals surface area contributed by atoms with E-state index in [2.05, 4.69) is 31.3 Å². The van der Waals surface area contributed by atoms with Gasteiger partial charge in [0.2, 0.25) is 11.6 Å². The highest BCUT2D eigenvalue weighted by Gasteiger charge is 2.24. The third-order valence-corrected chi connectivity index (χ3v) is 7.24. The van der Waals surface area contributed by atoms with Crippen molar-refractivity contribution in [2.75, 3.05) is 19.0 Å². The van der Waals surface area contributed by atoms with Crippen LogP contribution in [0, 0.1) is 15.9 Å². The lowest BCUT2D eigenvalue weighted by atomic mass is 10.2. The van der Waals surface area contributed by atoms with Crippen LogP contribution < -0.4 is 20.3 Å². The molecular weight excluding hydrogens is 665 g/mol. The Hall–Kier alpha value is -5.89. The molecule has 0 spiro atoms. The lowest BCUT2D eigenvalue weighted by molar-refractivity contribution is -0.385. The Bertz CT molecular complexity index is 2250. The van der Waals surface area contributed by atoms with E-state index in [1.54, 1.807) is 36.4 Å². The number of anilines is 1. The third kappa shape index (κ3) is 6.05. The van der Waals surface area contributed by atoms with Gasteiger partial charge in [-0.1, -0.05) is 40.2 Å². The number of nitrogens with one attached hydrogen (secondary N) is 1. The summed E-state index contributed by atoms with van der Waals surface area (Å²) >= 11 is 3.44. The smallest absolute Gasteiger partial charge is 0.315 e. The number of hydrogen-bond acceptors (Lipinski definition) is 9. The van der Waals surface area contributed by atoms with Crippen LogP contribution in [0.5, 0.6) is 11.5 Å². The summed E-state index contributed by atoms with van der Waals surface area (Å²) in [5, 5.41) is 19.8. The van der Waals surface area contributed by atoms with Crippen LogP contribution in [0.3, 0.4) is 0 Å². The molecule has 4 aromatic carbocycles. The van der Waals surface area contributed by atoms with Gasteiger partial charge in [0.05, 0.1) is 34.8 Å². The molecular formula is C32H21BrFN5O7. The molecule has 0 aliphatic heterocycles. The van der Waals surface area contributed by atoms with E-state index in [1.807, 2.05) is 12.1 Å². The maximum Gasteiger partial charge on any atom is 0.315 e. The summed E-state index contributed by atoms with van der Waals surface area (Å²) in [6, 6.07) is 22.0. The van der Waals surface area contributed by atoms with Crippen LogP contribution in [-0.2, 0) is 4.79 Å². The molecule has 14 heteroatoms. The first-order chi connectivity index (χ1) is 22.2. The summed E-state index contributed by atoms with van der Waals surface area (Å²) in [7, 11) is 1.27. The number of rotatable bonds is 9. The minimum Gasteiger partial charge on any atom is -0.493 e. The first-order valence-corrected chi connectivity index (χ1v) is 14.3. The van der Waals surface area contributed by atoms with Crippen molar-refractivity contribution in [1.29, 1.82) is 0 Å². The topological polar surface area (TPSA) is 151 Å². The van der Waals surface area contributed by atoms with E-state index < -0.39 is 34.5 Å². The SMILES string of the molecule is COc1cc(C=Nn2c(-c3cc4cc(Br)ccc4o3)nc3ccccc3c2=O)cc([N+](=O)[O-])c1OCC(=O)Nc1ccccc1F. The van der Waals surface area contributed by atoms with Gasteiger partial charge in [-0.15, -0.1) is 0 Å². The second-order valence-corrected chi connectivity index (χ2v) is 10.7. The molecule has 230 valence electrons. The zero-order chi connectivity index (χ0) is 32.4. The third-order valence-electron chi connectivity index (χ3n) is 6.74. The van der Waals surface area contributed by atoms with Crippen LogP contribution in [0.2, 0.25) is 0 Å². The van der Waals surface area contributed by atoms with E-state index in [0.29, 0.717) is 16.5 Å². The van der Waals surface area contributed by atoms with Crippen LogP contribution in [0.1, 0.15) is 5.56 Å². The minimum atomic E-state index is -0.749. The summed E-state index contributed by atoms with van der Waals surface area (Å²) in [5.41, 5.74) is 0.0547. The molecule has 0 aliphatic carbocycles. The van der Waals surface area contributed by atoms with Crippen molar-refractivity contribution in [2.45, 2.75) is 0 Å². The summed E-state index contributed by atoms with van der Waals surface area (Å²) in [4.78, 5) is 42.0. The number of carbonyl (C=O) groups excluding carboxylic acids is 1. The predicted molar refractivity (Wildman–Crippen MR) is 172 cm³/mol. The molecule has 0 bridgehead atoms. The van der Waals surface area contributed by atoms with Crippen molar-refractivity contribution < 1.29 is 28.0 Å². The number of ether oxygens (including phenoxy) is 2. The molecule has 0 atom stereocenters. The lowest BCUT2D eigenvalue weighted by Gasteiger charge is -2.12. The fourth-order valence-corrected chi connectivity index (χ4v) is 5.02. The number of amides is 1. The Morgan fingerprint density at radius 3 is 2.70 bits per heavy atom. The van der Waals surface area contributed by atoms with Gasteiger partial charge in [0.1, 0.15) is 11.4 Å². The first kappa shape index (κ1) is 30.1. The van der Waals surface area contributed by atoms with E-state index >= 15 is 0 Å². The van der Waals surface area contributed by atoms with Crippen LogP contribution in [-0.4, -0.2) is 40.4 Å². The van der Waals surface area contributed by atoms with Crippen molar-refractivity contribution in [3.8, 4) is 23.1 Å². The van der Waals surface area contributed by atoms with Crippen molar-refractivity contribution in [2.24, 2.45) is 5.10 Å². The number of nitro groups is 1. The molecule has 12 nitrogen and oxygen atoms in total. The number of para-hydroxylation sites is 2. The molecule has 2 heterocycles. The van der Waals surface area contributed by atoms with Gasteiger partial charge < -0.3 is 19.2 Å². The largest absolute Gasteiger partial charge is 0.493 e. The van der Waals surface area contributed by atoms with E-state index in [9.17, 15) is 24.1 Å². The van der Waals surface area contributed by atoms with Crippen LogP contribution in [0.25, 0.3) is 33.5 Å². The summed E-state index contributed by atoms with van der Waals surface area (Å²) in [6.45, 7) is -0.672. The molecule has 0 unspecified atom stereocenters. The molecule has 0 radical (unpaired) electrons. The number of nitrogens with zero attached hydrogens (tertiary/aromatic N) is 4. The minimum absolute atomic E-state index is 0.0718. The van der Waals surface area contributed by atoms with Gasteiger partial charge in [0.25, 0.3) is 11.5 Å². The number of benzene rings is 4. The van der Waals surface area contributed by atoms with Crippen LogP contribution in [0.15, 0.2) is 104 Å². The van der Waals surface area contributed by atoms with Crippen LogP contribution >= 0.6 is 15.9 Å². The second kappa shape index (κ2) is 12.6. The Morgan fingerprint density at radius 1 is 1.13 bits per heavy atom. The van der Waals surface area contributed by atoms with Gasteiger partial charge >= 0.3 is 5.69 Å². The number of nitro benzene ring substituents is 1. The van der Waals surface area contributed by atoms with E-state index in [-0.39, 0.29) is 34.3 Å². The predicted octanol–water partition coefficient (Wildman–Crippen LogP) is 6.53. The zero-order valence-electron chi connectivity index (χ0n) is 23.8. The maximum absolute atomic E-state index is 13.9. The number of aromatic nitrogens is 2. The van der Waals surface area contributed by atoms with E-state index in [0.717, 1.165) is 20.6 Å². The average Bonchev–Trinajstić information content (AvgIpc) is 3.47. The normalized spacial score (nSPS) is 11.3. The van der Waals surface area contributed by atoms with Gasteiger partial charge in [-0.05, 0) is 54.6 Å². The van der Waals surface area contributed by atoms with Crippen LogP contribution in [0.4, 0.5) is 15.8 Å². The quantitative estimate of drug-likeness (QED) is 0.103. The number of halogens is 2. The standard InChI is InChI=1S/C32H21BrFN5O7/c1-44-27-13-18(12-25(39(42)43)30(27)45-17-29(40)36-24-9-5-3-7-22(24)34)16-35-38-31(37-23-8-4-2-6-21(23)32(38)41)28-15-19-14-20(33)10-11-26(19)46-28/h2-16H,17H2,1H3,(H,36,40). The highest BCUT2D eigenvalue weighted by Crippen LogP contribution is 2.38. The number of furan rings is 1. The Morgan fingerprint density at radius 2 is 1.91 bits per heavy atom. The number of fused-ring (bicyclic) bond motifs is 2. The molecule has 0 fully saturated rings. The highest BCUT2D eigenvalue weighted by molar-refractivity contribution is 9.10. The molecule has 46 heavy (non-hydrogen) atoms.